The number of hydrogen-bond acceptors (Lipinski definition) is 22. The van der Waals surface area contributed by atoms with Crippen molar-refractivity contribution in [2.45, 2.75) is 55.9 Å². The number of phenols is 7. The molecule has 0 saturated carbocycles. The zero-order valence-electron chi connectivity index (χ0n) is 64.5. The molecule has 22 nitrogen and oxygen atoms in total. The number of hydrogen-bond donors (Lipinski definition) is 7. The maximum absolute atomic E-state index is 13.9. The van der Waals surface area contributed by atoms with Crippen LogP contribution >= 0.6 is 38.0 Å². The molecule has 14 aromatic carbocycles. The van der Waals surface area contributed by atoms with Crippen molar-refractivity contribution in [3.05, 3.63) is 380 Å². The van der Waals surface area contributed by atoms with Crippen LogP contribution in [0.5, 0.6) is 97.7 Å². The van der Waals surface area contributed by atoms with Gasteiger partial charge < -0.3 is 85.5 Å². The van der Waals surface area contributed by atoms with Gasteiger partial charge in [0.25, 0.3) is 0 Å². The molecule has 0 radical (unpaired) electrons. The molecule has 0 heterocycles. The maximum atomic E-state index is 13.9. The molecule has 14 rings (SSSR count). The summed E-state index contributed by atoms with van der Waals surface area (Å²) in [7, 11) is -18.2. The summed E-state index contributed by atoms with van der Waals surface area (Å²) in [5, 5.41) is 68.6. The van der Waals surface area contributed by atoms with Gasteiger partial charge in [-0.3, -0.25) is 0 Å². The zero-order valence-corrected chi connectivity index (χ0v) is 68.9. The van der Waals surface area contributed by atoms with Crippen LogP contribution in [0.1, 0.15) is 50.5 Å². The van der Waals surface area contributed by atoms with E-state index in [1.807, 2.05) is 120 Å². The second kappa shape index (κ2) is 43.9. The van der Waals surface area contributed by atoms with Crippen LogP contribution in [0.3, 0.4) is 0 Å². The summed E-state index contributed by atoms with van der Waals surface area (Å²) in [6.45, 7) is 9.72. The second-order valence-corrected chi connectivity index (χ2v) is 35.5. The predicted molar refractivity (Wildman–Crippen MR) is 472 cm³/mol. The van der Waals surface area contributed by atoms with Crippen LogP contribution in [0.4, 0.5) is 0 Å². The van der Waals surface area contributed by atoms with E-state index in [9.17, 15) is 58.6 Å². The molecule has 7 N–H and O–H groups in total. The topological polar surface area (TPSA) is 319 Å². The number of aromatic hydroxyl groups is 7. The molecule has 0 bridgehead atoms. The predicted octanol–water partition coefficient (Wildman–Crippen LogP) is 23.8. The Morgan fingerprint density at radius 1 is 0.242 bits per heavy atom. The lowest BCUT2D eigenvalue weighted by molar-refractivity contribution is 0.296. The van der Waals surface area contributed by atoms with Crippen LogP contribution in [0.2, 0.25) is 0 Å². The van der Waals surface area contributed by atoms with Gasteiger partial charge in [0.15, 0.2) is 7.14 Å². The Balaban J connectivity index is 0.000000186. The van der Waals surface area contributed by atoms with Crippen molar-refractivity contribution < 1.29 is 104 Å². The van der Waals surface area contributed by atoms with Gasteiger partial charge in [-0.2, -0.15) is 9.13 Å². The third kappa shape index (κ3) is 28.3. The Morgan fingerprint density at radius 2 is 0.458 bits per heavy atom. The van der Waals surface area contributed by atoms with Crippen LogP contribution in [0, 0.1) is 27.7 Å². The van der Waals surface area contributed by atoms with E-state index in [1.54, 1.807) is 158 Å². The maximum Gasteiger partial charge on any atom is 0.647 e. The van der Waals surface area contributed by atoms with Crippen molar-refractivity contribution in [3.8, 4) is 97.7 Å². The number of phosphoric ester groups is 2. The van der Waals surface area contributed by atoms with Gasteiger partial charge in [0.1, 0.15) is 97.7 Å². The fourth-order valence-electron chi connectivity index (χ4n) is 10.5. The first-order chi connectivity index (χ1) is 56.6. The summed E-state index contributed by atoms with van der Waals surface area (Å²) in [5.41, 5.74) is 4.25. The lowest BCUT2D eigenvalue weighted by Crippen LogP contribution is -2.25. The number of rotatable bonds is 26. The highest BCUT2D eigenvalue weighted by molar-refractivity contribution is 7.85. The molecule has 0 spiro atoms. The monoisotopic (exact) mass is 1720 g/mol. The largest absolute Gasteiger partial charge is 0.647 e. The highest BCUT2D eigenvalue weighted by Crippen LogP contribution is 2.54. The van der Waals surface area contributed by atoms with Crippen LogP contribution in [0.25, 0.3) is 0 Å². The molecule has 622 valence electrons. The van der Waals surface area contributed by atoms with Crippen LogP contribution in [-0.2, 0) is 22.8 Å². The van der Waals surface area contributed by atoms with E-state index in [2.05, 4.69) is 0 Å². The van der Waals surface area contributed by atoms with E-state index in [1.165, 1.54) is 115 Å². The van der Waals surface area contributed by atoms with E-state index in [-0.39, 0.29) is 77.7 Å². The molecular formula is C93H93O22P5. The summed E-state index contributed by atoms with van der Waals surface area (Å²) in [4.78, 5) is 0. The lowest BCUT2D eigenvalue weighted by atomic mass is 10.2. The van der Waals surface area contributed by atoms with E-state index >= 15 is 0 Å². The minimum absolute atomic E-state index is 0. The van der Waals surface area contributed by atoms with Crippen molar-refractivity contribution in [1.82, 2.24) is 0 Å². The Hall–Kier alpha value is -13.2. The molecule has 0 fully saturated rings. The van der Waals surface area contributed by atoms with E-state index in [0.717, 1.165) is 22.3 Å². The van der Waals surface area contributed by atoms with Gasteiger partial charge >= 0.3 is 30.8 Å². The highest BCUT2D eigenvalue weighted by Gasteiger charge is 2.37. The van der Waals surface area contributed by atoms with Gasteiger partial charge in [-0.25, -0.2) is 9.13 Å². The standard InChI is InChI=1S/C19H17O6P.C19H17O5P.C19H17O4P.C18H15O3P.C16H19O4P.2CH4/c1-14-2-8-17(9-3-14)23-26(22,24-18-10-4-15(20)5-11-18)25-19-12-6-16(21)7-13-19;1-15-7-11-18(12-8-15)23-25(21,22-17-5-3-2-4-6-17)24-19-13-9-16(20)10-14-19;1-15-7-11-17(12-8-15)22-24(21,19-5-3-2-4-6-19)23-18-13-9-16(20)10-14-18;19-14-11-12-17(20)18(13-14)22(21,15-7-3-1-4-8-15)16-9-5-2-6-10-16;1-3-12-21(18,19-15-8-4-13(2)5-9-15)20-16-10-6-14(17)7-11-16;;/h2-13,20-21H,1H3;2-14,20H,1H3;2-14,20H,1H3;1-13,19-20H;4-11,17H,3,12H2,1-2H3;2*1H4. The van der Waals surface area contributed by atoms with Crippen molar-refractivity contribution >= 4 is 59.2 Å². The quantitative estimate of drug-likeness (QED) is 0.0196. The average molecular weight is 1720 g/mol. The average Bonchev–Trinajstić information content (AvgIpc) is 0.757. The summed E-state index contributed by atoms with van der Waals surface area (Å²) < 4.78 is 122. The van der Waals surface area contributed by atoms with Crippen molar-refractivity contribution in [2.24, 2.45) is 0 Å². The minimum Gasteiger partial charge on any atom is -0.508 e. The van der Waals surface area contributed by atoms with Gasteiger partial charge in [0.2, 0.25) is 0 Å². The summed E-state index contributed by atoms with van der Waals surface area (Å²) >= 11 is 0. The van der Waals surface area contributed by atoms with Gasteiger partial charge in [-0.05, 0) is 246 Å². The van der Waals surface area contributed by atoms with Crippen LogP contribution in [-0.4, -0.2) is 41.9 Å². The van der Waals surface area contributed by atoms with E-state index in [4.69, 9.17) is 45.2 Å². The second-order valence-electron chi connectivity index (χ2n) is 26.0. The van der Waals surface area contributed by atoms with Crippen molar-refractivity contribution in [3.63, 3.8) is 0 Å². The smallest absolute Gasteiger partial charge is 0.508 e. The third-order valence-electron chi connectivity index (χ3n) is 16.4. The fraction of sp³-hybridized carbons (Fsp3) is 0.0968. The molecule has 14 aromatic rings. The Labute approximate surface area is 699 Å². The third-order valence-corrected chi connectivity index (χ3v) is 25.9. The summed E-state index contributed by atoms with van der Waals surface area (Å²) in [6, 6.07) is 97.5. The molecule has 0 aromatic heterocycles. The van der Waals surface area contributed by atoms with Gasteiger partial charge in [-0.1, -0.05) is 190 Å². The number of aryl methyl sites for hydroxylation is 4. The number of para-hydroxylation sites is 1. The first-order valence-electron chi connectivity index (χ1n) is 36.5. The first-order valence-corrected chi connectivity index (χ1v) is 44.4. The van der Waals surface area contributed by atoms with Gasteiger partial charge in [-0.15, -0.1) is 0 Å². The lowest BCUT2D eigenvalue weighted by Gasteiger charge is -2.20. The Bertz CT molecular complexity index is 5390. The van der Waals surface area contributed by atoms with Gasteiger partial charge in [0.05, 0.1) is 16.8 Å². The molecule has 0 saturated heterocycles. The summed E-state index contributed by atoms with van der Waals surface area (Å²) in [6.07, 6.45) is 1.00. The molecule has 3 unspecified atom stereocenters. The SMILES string of the molecule is C.C.CCCP(=O)(Oc1ccc(C)cc1)Oc1ccc(O)cc1.Cc1ccc(OP(=O)(Oc2ccc(O)cc2)Oc2ccc(O)cc2)cc1.Cc1ccc(OP(=O)(Oc2ccc(O)cc2)c2ccccc2)cc1.Cc1ccc(OP(=O)(Oc2ccccc2)Oc2ccc(O)cc2)cc1.O=P(c1ccccc1)(c1ccccc1)c1cc(O)ccc1O. The number of phosphoric acid groups is 2. The molecule has 0 aliphatic heterocycles. The fourth-order valence-corrected chi connectivity index (χ4v) is 19.0. The number of benzene rings is 14. The number of phenolic OH excluding ortho intramolecular Hbond substituents is 7. The molecule has 120 heavy (non-hydrogen) atoms. The molecule has 3 atom stereocenters. The molecule has 0 aliphatic carbocycles. The highest BCUT2D eigenvalue weighted by atomic mass is 31.2. The Morgan fingerprint density at radius 3 is 0.725 bits per heavy atom. The van der Waals surface area contributed by atoms with E-state index < -0.39 is 38.0 Å². The molecule has 27 heteroatoms. The first kappa shape index (κ1) is 92.3. The van der Waals surface area contributed by atoms with Gasteiger partial charge in [0, 0.05) is 10.6 Å². The van der Waals surface area contributed by atoms with Crippen LogP contribution in [0.15, 0.2) is 358 Å². The van der Waals surface area contributed by atoms with Crippen LogP contribution < -0.4 is 66.5 Å². The normalized spacial score (nSPS) is 12.1. The Kier molecular flexibility index (Phi) is 33.8. The minimum atomic E-state index is -4.09. The molecular weight excluding hydrogens is 1620 g/mol. The molecule has 0 aliphatic rings. The zero-order chi connectivity index (χ0) is 84.1. The van der Waals surface area contributed by atoms with Crippen molar-refractivity contribution in [2.75, 3.05) is 6.16 Å². The van der Waals surface area contributed by atoms with Crippen molar-refractivity contribution in [1.29, 1.82) is 0 Å². The van der Waals surface area contributed by atoms with E-state index in [0.29, 0.717) is 68.7 Å². The summed E-state index contributed by atoms with van der Waals surface area (Å²) in [5.74, 6) is 3.75. The molecule has 0 amide bonds.